The van der Waals surface area contributed by atoms with Crippen LogP contribution in [-0.2, 0) is 16.9 Å². The lowest BCUT2D eigenvalue weighted by molar-refractivity contribution is -0.131. The van der Waals surface area contributed by atoms with E-state index >= 15 is 0 Å². The number of halogens is 1. The second-order valence-corrected chi connectivity index (χ2v) is 6.86. The number of carbonyl (C=O) groups is 2. The van der Waals surface area contributed by atoms with E-state index in [0.717, 1.165) is 16.0 Å². The zero-order valence-corrected chi connectivity index (χ0v) is 15.4. The van der Waals surface area contributed by atoms with Crippen molar-refractivity contribution in [2.24, 2.45) is 0 Å². The van der Waals surface area contributed by atoms with Gasteiger partial charge >= 0.3 is 6.03 Å². The van der Waals surface area contributed by atoms with Crippen LogP contribution in [0.25, 0.3) is 11.3 Å². The minimum absolute atomic E-state index is 0.138. The number of nitrogens with zero attached hydrogens (tertiary/aromatic N) is 2. The summed E-state index contributed by atoms with van der Waals surface area (Å²) in [6.07, 6.45) is 1.38. The first kappa shape index (κ1) is 17.9. The molecule has 4 rings (SSSR count). The lowest BCUT2D eigenvalue weighted by Crippen LogP contribution is -2.41. The van der Waals surface area contributed by atoms with Gasteiger partial charge < -0.3 is 9.73 Å². The normalized spacial score (nSPS) is 19.2. The monoisotopic (exact) mass is 379 g/mol. The molecule has 1 aliphatic heterocycles. The van der Waals surface area contributed by atoms with Gasteiger partial charge in [0.1, 0.15) is 17.9 Å². The van der Waals surface area contributed by atoms with Crippen molar-refractivity contribution in [2.45, 2.75) is 25.9 Å². The summed E-state index contributed by atoms with van der Waals surface area (Å²) in [4.78, 5) is 30.7. The van der Waals surface area contributed by atoms with E-state index in [0.29, 0.717) is 0 Å². The Hall–Kier alpha value is -3.48. The molecule has 6 nitrogen and oxygen atoms in total. The molecule has 1 N–H and O–H groups in total. The molecule has 0 saturated carbocycles. The van der Waals surface area contributed by atoms with Crippen molar-refractivity contribution in [2.75, 3.05) is 0 Å². The first-order chi connectivity index (χ1) is 13.4. The number of oxazole rings is 1. The van der Waals surface area contributed by atoms with Gasteiger partial charge in [-0.15, -0.1) is 0 Å². The molecule has 0 spiro atoms. The Balaban J connectivity index is 1.60. The Morgan fingerprint density at radius 1 is 1.14 bits per heavy atom. The van der Waals surface area contributed by atoms with E-state index in [9.17, 15) is 14.0 Å². The fourth-order valence-corrected chi connectivity index (χ4v) is 3.46. The number of aryl methyl sites for hydroxylation is 1. The summed E-state index contributed by atoms with van der Waals surface area (Å²) < 4.78 is 19.5. The Labute approximate surface area is 161 Å². The maximum atomic E-state index is 13.9. The molecule has 1 aromatic heterocycles. The van der Waals surface area contributed by atoms with E-state index in [1.54, 1.807) is 25.1 Å². The Morgan fingerprint density at radius 2 is 1.86 bits per heavy atom. The number of urea groups is 1. The van der Waals surface area contributed by atoms with Crippen LogP contribution in [0.1, 0.15) is 23.9 Å². The summed E-state index contributed by atoms with van der Waals surface area (Å²) in [5, 5.41) is 2.76. The molecule has 28 heavy (non-hydrogen) atoms. The molecule has 1 fully saturated rings. The van der Waals surface area contributed by atoms with Crippen molar-refractivity contribution in [1.29, 1.82) is 0 Å². The lowest BCUT2D eigenvalue weighted by Gasteiger charge is -2.23. The highest BCUT2D eigenvalue weighted by atomic mass is 19.1. The van der Waals surface area contributed by atoms with Crippen LogP contribution in [-0.4, -0.2) is 21.8 Å². The van der Waals surface area contributed by atoms with E-state index < -0.39 is 23.3 Å². The molecular weight excluding hydrogens is 361 g/mol. The molecule has 1 saturated heterocycles. The lowest BCUT2D eigenvalue weighted by atomic mass is 9.88. The minimum Gasteiger partial charge on any atom is -0.439 e. The quantitative estimate of drug-likeness (QED) is 0.701. The average Bonchev–Trinajstić information content (AvgIpc) is 3.22. The van der Waals surface area contributed by atoms with Gasteiger partial charge in [0.05, 0.1) is 11.8 Å². The number of hydrogen-bond donors (Lipinski definition) is 1. The molecule has 1 atom stereocenters. The van der Waals surface area contributed by atoms with Crippen LogP contribution in [0, 0.1) is 12.7 Å². The predicted molar refractivity (Wildman–Crippen MR) is 99.5 cm³/mol. The highest BCUT2D eigenvalue weighted by Crippen LogP contribution is 2.32. The van der Waals surface area contributed by atoms with Gasteiger partial charge in [0.15, 0.2) is 5.76 Å². The number of amides is 3. The first-order valence-electron chi connectivity index (χ1n) is 8.80. The third kappa shape index (κ3) is 2.85. The molecule has 142 valence electrons. The average molecular weight is 379 g/mol. The second kappa shape index (κ2) is 6.60. The van der Waals surface area contributed by atoms with Gasteiger partial charge in [-0.2, -0.15) is 0 Å². The molecule has 0 bridgehead atoms. The highest BCUT2D eigenvalue weighted by molar-refractivity contribution is 6.07. The van der Waals surface area contributed by atoms with Crippen molar-refractivity contribution < 1.29 is 18.4 Å². The summed E-state index contributed by atoms with van der Waals surface area (Å²) in [5.74, 6) is -0.442. The van der Waals surface area contributed by atoms with Gasteiger partial charge in [-0.25, -0.2) is 14.2 Å². The van der Waals surface area contributed by atoms with Gasteiger partial charge in [0, 0.05) is 0 Å². The first-order valence-corrected chi connectivity index (χ1v) is 8.80. The van der Waals surface area contributed by atoms with Gasteiger partial charge in [-0.3, -0.25) is 9.69 Å². The van der Waals surface area contributed by atoms with Crippen LogP contribution >= 0.6 is 0 Å². The van der Waals surface area contributed by atoms with Gasteiger partial charge in [-0.05, 0) is 37.1 Å². The molecule has 1 aliphatic rings. The number of nitrogens with one attached hydrogen (secondary N) is 1. The number of benzene rings is 2. The van der Waals surface area contributed by atoms with Gasteiger partial charge in [-0.1, -0.05) is 36.4 Å². The van der Waals surface area contributed by atoms with Crippen LogP contribution in [0.2, 0.25) is 0 Å². The summed E-state index contributed by atoms with van der Waals surface area (Å²) in [6.45, 7) is 3.42. The maximum Gasteiger partial charge on any atom is 0.325 e. The Kier molecular flexibility index (Phi) is 4.22. The SMILES string of the molecule is Cc1ccccc1C1(C)NC(=O)N(Cc2ncc(-c3ccccc3F)o2)C1=O. The molecule has 0 radical (unpaired) electrons. The molecule has 1 unspecified atom stereocenters. The predicted octanol–water partition coefficient (Wildman–Crippen LogP) is 3.76. The highest BCUT2D eigenvalue weighted by Gasteiger charge is 2.49. The number of aromatic nitrogens is 1. The molecule has 2 heterocycles. The standard InChI is InChI=1S/C21H18FN3O3/c1-13-7-3-5-9-15(13)21(2)19(26)25(20(27)24-21)12-18-23-11-17(28-18)14-8-4-6-10-16(14)22/h3-11H,12H2,1-2H3,(H,24,27). The van der Waals surface area contributed by atoms with Crippen LogP contribution in [0.3, 0.4) is 0 Å². The van der Waals surface area contributed by atoms with Crippen molar-refractivity contribution >= 4 is 11.9 Å². The van der Waals surface area contributed by atoms with E-state index in [1.807, 2.05) is 31.2 Å². The van der Waals surface area contributed by atoms with Crippen molar-refractivity contribution in [1.82, 2.24) is 15.2 Å². The summed E-state index contributed by atoms with van der Waals surface area (Å²) in [5.41, 5.74) is 0.737. The maximum absolute atomic E-state index is 13.9. The van der Waals surface area contributed by atoms with E-state index in [2.05, 4.69) is 10.3 Å². The van der Waals surface area contributed by atoms with Gasteiger partial charge in [0.2, 0.25) is 5.89 Å². The Morgan fingerprint density at radius 3 is 2.61 bits per heavy atom. The molecule has 2 aromatic carbocycles. The third-order valence-corrected chi connectivity index (χ3v) is 4.94. The van der Waals surface area contributed by atoms with Crippen molar-refractivity contribution in [3.8, 4) is 11.3 Å². The number of rotatable bonds is 4. The Bertz CT molecular complexity index is 1080. The van der Waals surface area contributed by atoms with Crippen molar-refractivity contribution in [3.63, 3.8) is 0 Å². The van der Waals surface area contributed by atoms with E-state index in [4.69, 9.17) is 4.42 Å². The molecule has 3 amide bonds. The fourth-order valence-electron chi connectivity index (χ4n) is 3.46. The van der Waals surface area contributed by atoms with Crippen LogP contribution in [0.5, 0.6) is 0 Å². The summed E-state index contributed by atoms with van der Waals surface area (Å²) >= 11 is 0. The van der Waals surface area contributed by atoms with E-state index in [1.165, 1.54) is 12.3 Å². The largest absolute Gasteiger partial charge is 0.439 e. The zero-order chi connectivity index (χ0) is 19.9. The number of carbonyl (C=O) groups excluding carboxylic acids is 2. The third-order valence-electron chi connectivity index (χ3n) is 4.94. The minimum atomic E-state index is -1.16. The molecular formula is C21H18FN3O3. The molecule has 0 aliphatic carbocycles. The fraction of sp³-hybridized carbons (Fsp3) is 0.190. The van der Waals surface area contributed by atoms with E-state index in [-0.39, 0.29) is 23.8 Å². The van der Waals surface area contributed by atoms with Gasteiger partial charge in [0.25, 0.3) is 5.91 Å². The number of imide groups is 1. The van der Waals surface area contributed by atoms with Crippen LogP contribution < -0.4 is 5.32 Å². The van der Waals surface area contributed by atoms with Crippen molar-refractivity contribution in [3.05, 3.63) is 77.6 Å². The smallest absolute Gasteiger partial charge is 0.325 e. The van der Waals surface area contributed by atoms with Crippen LogP contribution in [0.15, 0.2) is 59.1 Å². The topological polar surface area (TPSA) is 75.4 Å². The summed E-state index contributed by atoms with van der Waals surface area (Å²) in [7, 11) is 0. The summed E-state index contributed by atoms with van der Waals surface area (Å²) in [6, 6.07) is 13.0. The van der Waals surface area contributed by atoms with Crippen LogP contribution in [0.4, 0.5) is 9.18 Å². The zero-order valence-electron chi connectivity index (χ0n) is 15.4. The number of hydrogen-bond acceptors (Lipinski definition) is 4. The molecule has 7 heteroatoms. The molecule has 3 aromatic rings. The second-order valence-electron chi connectivity index (χ2n) is 6.86.